The van der Waals surface area contributed by atoms with Gasteiger partial charge in [-0.05, 0) is 25.7 Å². The van der Waals surface area contributed by atoms with Crippen LogP contribution in [0.5, 0.6) is 0 Å². The number of alkyl halides is 2. The number of hydrogen-bond acceptors (Lipinski definition) is 3. The third-order valence-corrected chi connectivity index (χ3v) is 4.18. The molecule has 0 bridgehead atoms. The van der Waals surface area contributed by atoms with Crippen LogP contribution in [-0.2, 0) is 4.79 Å². The van der Waals surface area contributed by atoms with Crippen LogP contribution in [0.15, 0.2) is 12.3 Å². The standard InChI is InChI=1S/C15H19F4N3O/c1-8(13-11(17)6-10(16)7-21-13)22-14(23)12(20)9-2-4-15(18,19)5-3-9/h6-9,12H,2-5,20H2,1H3,(H,22,23)/t8-,12-/m1/s1. The molecular formula is C15H19F4N3O. The van der Waals surface area contributed by atoms with Crippen LogP contribution in [0.1, 0.15) is 44.3 Å². The van der Waals surface area contributed by atoms with Crippen LogP contribution in [0, 0.1) is 17.6 Å². The maximum Gasteiger partial charge on any atom is 0.248 e. The predicted octanol–water partition coefficient (Wildman–Crippen LogP) is 2.69. The number of nitrogens with zero attached hydrogens (tertiary/aromatic N) is 1. The summed E-state index contributed by atoms with van der Waals surface area (Å²) in [6, 6.07) is -1.08. The van der Waals surface area contributed by atoms with Gasteiger partial charge in [0.2, 0.25) is 11.8 Å². The normalized spacial score (nSPS) is 20.8. The number of halogens is 4. The van der Waals surface area contributed by atoms with Crippen LogP contribution in [0.25, 0.3) is 0 Å². The van der Waals surface area contributed by atoms with Crippen LogP contribution in [0.2, 0.25) is 0 Å². The van der Waals surface area contributed by atoms with Crippen LogP contribution in [-0.4, -0.2) is 22.9 Å². The van der Waals surface area contributed by atoms with Gasteiger partial charge >= 0.3 is 0 Å². The molecule has 2 rings (SSSR count). The van der Waals surface area contributed by atoms with Crippen molar-refractivity contribution in [1.29, 1.82) is 0 Å². The van der Waals surface area contributed by atoms with E-state index >= 15 is 0 Å². The number of amides is 1. The number of nitrogens with one attached hydrogen (secondary N) is 1. The predicted molar refractivity (Wildman–Crippen MR) is 75.6 cm³/mol. The molecule has 1 amide bonds. The molecule has 1 heterocycles. The molecule has 3 N–H and O–H groups in total. The van der Waals surface area contributed by atoms with Crippen molar-refractivity contribution in [3.05, 3.63) is 29.6 Å². The summed E-state index contributed by atoms with van der Waals surface area (Å²) < 4.78 is 52.7. The second-order valence-corrected chi connectivity index (χ2v) is 5.97. The Labute approximate surface area is 131 Å². The van der Waals surface area contributed by atoms with Crippen molar-refractivity contribution in [2.75, 3.05) is 0 Å². The highest BCUT2D eigenvalue weighted by Gasteiger charge is 2.38. The molecule has 2 atom stereocenters. The number of aromatic nitrogens is 1. The lowest BCUT2D eigenvalue weighted by atomic mass is 9.82. The average Bonchev–Trinajstić information content (AvgIpc) is 2.46. The molecule has 128 valence electrons. The number of carbonyl (C=O) groups is 1. The van der Waals surface area contributed by atoms with E-state index in [0.717, 1.165) is 6.20 Å². The van der Waals surface area contributed by atoms with Crippen LogP contribution >= 0.6 is 0 Å². The molecule has 0 radical (unpaired) electrons. The first-order valence-corrected chi connectivity index (χ1v) is 7.44. The Balaban J connectivity index is 1.95. The lowest BCUT2D eigenvalue weighted by Gasteiger charge is -2.31. The van der Waals surface area contributed by atoms with E-state index in [4.69, 9.17) is 5.73 Å². The van der Waals surface area contributed by atoms with Gasteiger partial charge in [-0.3, -0.25) is 9.78 Å². The first-order valence-electron chi connectivity index (χ1n) is 7.44. The van der Waals surface area contributed by atoms with E-state index in [1.807, 2.05) is 0 Å². The highest BCUT2D eigenvalue weighted by Crippen LogP contribution is 2.37. The summed E-state index contributed by atoms with van der Waals surface area (Å²) in [7, 11) is 0. The van der Waals surface area contributed by atoms with E-state index in [0.29, 0.717) is 6.07 Å². The van der Waals surface area contributed by atoms with E-state index in [1.54, 1.807) is 0 Å². The van der Waals surface area contributed by atoms with Crippen LogP contribution < -0.4 is 11.1 Å². The van der Waals surface area contributed by atoms with Crippen LogP contribution in [0.4, 0.5) is 17.6 Å². The highest BCUT2D eigenvalue weighted by atomic mass is 19.3. The smallest absolute Gasteiger partial charge is 0.248 e. The van der Waals surface area contributed by atoms with E-state index in [1.165, 1.54) is 6.92 Å². The Morgan fingerprint density at radius 1 is 1.39 bits per heavy atom. The molecule has 0 aromatic carbocycles. The second-order valence-electron chi connectivity index (χ2n) is 5.97. The molecule has 23 heavy (non-hydrogen) atoms. The third-order valence-electron chi connectivity index (χ3n) is 4.18. The van der Waals surface area contributed by atoms with E-state index in [-0.39, 0.29) is 37.3 Å². The summed E-state index contributed by atoms with van der Waals surface area (Å²) in [5.74, 6) is -5.28. The summed E-state index contributed by atoms with van der Waals surface area (Å²) in [5.41, 5.74) is 5.73. The van der Waals surface area contributed by atoms with Gasteiger partial charge in [0.05, 0.1) is 24.0 Å². The molecule has 0 saturated heterocycles. The molecule has 1 aliphatic rings. The zero-order valence-electron chi connectivity index (χ0n) is 12.7. The van der Waals surface area contributed by atoms with Crippen LogP contribution in [0.3, 0.4) is 0 Å². The number of nitrogens with two attached hydrogens (primary N) is 1. The summed E-state index contributed by atoms with van der Waals surface area (Å²) in [6.45, 7) is 1.49. The molecule has 0 spiro atoms. The lowest BCUT2D eigenvalue weighted by molar-refractivity contribution is -0.125. The number of carbonyl (C=O) groups excluding carboxylic acids is 1. The number of pyridine rings is 1. The van der Waals surface area contributed by atoms with Gasteiger partial charge in [-0.2, -0.15) is 0 Å². The van der Waals surface area contributed by atoms with Gasteiger partial charge < -0.3 is 11.1 Å². The minimum absolute atomic E-state index is 0.109. The SMILES string of the molecule is C[C@@H](NC(=O)[C@H](N)C1CCC(F)(F)CC1)c1ncc(F)cc1F. The molecule has 0 aliphatic heterocycles. The van der Waals surface area contributed by atoms with Crippen molar-refractivity contribution >= 4 is 5.91 Å². The van der Waals surface area contributed by atoms with Crippen molar-refractivity contribution < 1.29 is 22.4 Å². The maximum absolute atomic E-state index is 13.6. The summed E-state index contributed by atoms with van der Waals surface area (Å²) in [4.78, 5) is 15.7. The van der Waals surface area contributed by atoms with Gasteiger partial charge in [0.1, 0.15) is 11.6 Å². The molecule has 1 aliphatic carbocycles. The number of hydrogen-bond donors (Lipinski definition) is 2. The van der Waals surface area contributed by atoms with Crippen molar-refractivity contribution in [1.82, 2.24) is 10.3 Å². The Kier molecular flexibility index (Phi) is 5.23. The van der Waals surface area contributed by atoms with E-state index in [2.05, 4.69) is 10.3 Å². The fourth-order valence-electron chi connectivity index (χ4n) is 2.76. The van der Waals surface area contributed by atoms with Gasteiger partial charge in [-0.25, -0.2) is 17.6 Å². The molecule has 1 aromatic rings. The van der Waals surface area contributed by atoms with Gasteiger partial charge in [0.25, 0.3) is 0 Å². The minimum atomic E-state index is -2.69. The Bertz CT molecular complexity index is 572. The Morgan fingerprint density at radius 3 is 2.57 bits per heavy atom. The first-order chi connectivity index (χ1) is 10.7. The van der Waals surface area contributed by atoms with Crippen molar-refractivity contribution in [3.8, 4) is 0 Å². The molecule has 1 aromatic heterocycles. The maximum atomic E-state index is 13.6. The summed E-state index contributed by atoms with van der Waals surface area (Å²) in [5, 5.41) is 2.50. The molecule has 8 heteroatoms. The zero-order valence-corrected chi connectivity index (χ0v) is 12.7. The second kappa shape index (κ2) is 6.82. The Hall–Kier alpha value is -1.70. The molecule has 0 unspecified atom stereocenters. The van der Waals surface area contributed by atoms with Crippen molar-refractivity contribution in [3.63, 3.8) is 0 Å². The molecule has 1 fully saturated rings. The summed E-state index contributed by atoms with van der Waals surface area (Å²) in [6.07, 6.45) is 0.604. The van der Waals surface area contributed by atoms with Gasteiger partial charge in [0.15, 0.2) is 0 Å². The van der Waals surface area contributed by atoms with Crippen molar-refractivity contribution in [2.45, 2.75) is 50.6 Å². The van der Waals surface area contributed by atoms with Gasteiger partial charge in [-0.1, -0.05) is 0 Å². The van der Waals surface area contributed by atoms with Crippen molar-refractivity contribution in [2.24, 2.45) is 11.7 Å². The molecular weight excluding hydrogens is 314 g/mol. The highest BCUT2D eigenvalue weighted by molar-refractivity contribution is 5.82. The van der Waals surface area contributed by atoms with E-state index < -0.39 is 35.5 Å². The fraction of sp³-hybridized carbons (Fsp3) is 0.600. The van der Waals surface area contributed by atoms with E-state index in [9.17, 15) is 22.4 Å². The molecule has 1 saturated carbocycles. The third kappa shape index (κ3) is 4.40. The topological polar surface area (TPSA) is 68.0 Å². The zero-order chi connectivity index (χ0) is 17.2. The fourth-order valence-corrected chi connectivity index (χ4v) is 2.76. The molecule has 4 nitrogen and oxygen atoms in total. The minimum Gasteiger partial charge on any atom is -0.347 e. The Morgan fingerprint density at radius 2 is 2.00 bits per heavy atom. The average molecular weight is 333 g/mol. The first kappa shape index (κ1) is 17.7. The van der Waals surface area contributed by atoms with Gasteiger partial charge in [-0.15, -0.1) is 0 Å². The van der Waals surface area contributed by atoms with Gasteiger partial charge in [0, 0.05) is 18.9 Å². The monoisotopic (exact) mass is 333 g/mol. The largest absolute Gasteiger partial charge is 0.347 e. The summed E-state index contributed by atoms with van der Waals surface area (Å²) >= 11 is 0. The number of rotatable bonds is 4. The lowest BCUT2D eigenvalue weighted by Crippen LogP contribution is -2.48. The quantitative estimate of drug-likeness (QED) is 0.833.